The molecule has 0 amide bonds. The standard InChI is InChI=1S/C19H26/c1-12(2)15-8-7-9-18-17(15)11-10-16(13(3)4)19(18)14(5)6/h7-14H,1-6H3. The third kappa shape index (κ3) is 2.54. The Morgan fingerprint density at radius 2 is 1.21 bits per heavy atom. The molecular formula is C19H26. The van der Waals surface area contributed by atoms with E-state index in [1.807, 2.05) is 0 Å². The lowest BCUT2D eigenvalue weighted by Crippen LogP contribution is -2.01. The first kappa shape index (κ1) is 14.1. The number of benzene rings is 2. The minimum atomic E-state index is 0.573. The molecule has 2 aromatic carbocycles. The van der Waals surface area contributed by atoms with Gasteiger partial charge in [-0.1, -0.05) is 71.9 Å². The third-order valence-corrected chi connectivity index (χ3v) is 3.99. The van der Waals surface area contributed by atoms with Gasteiger partial charge in [0.05, 0.1) is 0 Å². The monoisotopic (exact) mass is 254 g/mol. The van der Waals surface area contributed by atoms with Crippen LogP contribution in [-0.2, 0) is 0 Å². The van der Waals surface area contributed by atoms with Gasteiger partial charge in [-0.05, 0) is 45.2 Å². The quantitative estimate of drug-likeness (QED) is 0.611. The van der Waals surface area contributed by atoms with E-state index in [0.717, 1.165) is 0 Å². The van der Waals surface area contributed by atoms with Crippen molar-refractivity contribution < 1.29 is 0 Å². The van der Waals surface area contributed by atoms with Crippen molar-refractivity contribution in [2.75, 3.05) is 0 Å². The Hall–Kier alpha value is -1.30. The van der Waals surface area contributed by atoms with E-state index in [0.29, 0.717) is 17.8 Å². The Balaban J connectivity index is 2.83. The molecule has 0 fully saturated rings. The molecule has 102 valence electrons. The summed E-state index contributed by atoms with van der Waals surface area (Å²) in [7, 11) is 0. The van der Waals surface area contributed by atoms with Crippen molar-refractivity contribution in [3.05, 3.63) is 47.0 Å². The molecule has 0 aliphatic heterocycles. The lowest BCUT2D eigenvalue weighted by atomic mass is 9.84. The van der Waals surface area contributed by atoms with Gasteiger partial charge in [0.25, 0.3) is 0 Å². The first-order valence-corrected chi connectivity index (χ1v) is 7.48. The molecule has 0 aliphatic carbocycles. The summed E-state index contributed by atoms with van der Waals surface area (Å²) < 4.78 is 0. The summed E-state index contributed by atoms with van der Waals surface area (Å²) in [4.78, 5) is 0. The molecular weight excluding hydrogens is 228 g/mol. The Bertz CT molecular complexity index is 574. The maximum Gasteiger partial charge on any atom is -0.0144 e. The highest BCUT2D eigenvalue weighted by Gasteiger charge is 2.15. The van der Waals surface area contributed by atoms with E-state index in [1.54, 1.807) is 0 Å². The van der Waals surface area contributed by atoms with E-state index in [2.05, 4.69) is 71.9 Å². The van der Waals surface area contributed by atoms with Gasteiger partial charge in [-0.25, -0.2) is 0 Å². The molecule has 0 unspecified atom stereocenters. The summed E-state index contributed by atoms with van der Waals surface area (Å²) in [6.07, 6.45) is 0. The molecule has 0 bridgehead atoms. The topological polar surface area (TPSA) is 0 Å². The summed E-state index contributed by atoms with van der Waals surface area (Å²) in [6.45, 7) is 13.8. The van der Waals surface area contributed by atoms with Crippen molar-refractivity contribution in [3.8, 4) is 0 Å². The average Bonchev–Trinajstić information content (AvgIpc) is 2.35. The zero-order chi connectivity index (χ0) is 14.2. The lowest BCUT2D eigenvalue weighted by molar-refractivity contribution is 0.797. The summed E-state index contributed by atoms with van der Waals surface area (Å²) in [5.41, 5.74) is 4.51. The van der Waals surface area contributed by atoms with Crippen molar-refractivity contribution in [3.63, 3.8) is 0 Å². The van der Waals surface area contributed by atoms with E-state index in [1.165, 1.54) is 27.5 Å². The number of hydrogen-bond acceptors (Lipinski definition) is 0. The molecule has 0 aliphatic rings. The fraction of sp³-hybridized carbons (Fsp3) is 0.474. The minimum Gasteiger partial charge on any atom is -0.0613 e. The average molecular weight is 254 g/mol. The molecule has 0 N–H and O–H groups in total. The van der Waals surface area contributed by atoms with Gasteiger partial charge in [-0.15, -0.1) is 0 Å². The second-order valence-electron chi connectivity index (χ2n) is 6.47. The van der Waals surface area contributed by atoms with E-state index >= 15 is 0 Å². The molecule has 0 atom stereocenters. The molecule has 0 saturated heterocycles. The fourth-order valence-electron chi connectivity index (χ4n) is 3.07. The molecule has 0 radical (unpaired) electrons. The summed E-state index contributed by atoms with van der Waals surface area (Å²) in [5.74, 6) is 1.74. The van der Waals surface area contributed by atoms with Gasteiger partial charge in [0.1, 0.15) is 0 Å². The van der Waals surface area contributed by atoms with Crippen LogP contribution in [0.25, 0.3) is 10.8 Å². The first-order chi connectivity index (χ1) is 8.93. The highest BCUT2D eigenvalue weighted by Crippen LogP contribution is 2.35. The Morgan fingerprint density at radius 3 is 1.74 bits per heavy atom. The largest absolute Gasteiger partial charge is 0.0613 e. The second-order valence-corrected chi connectivity index (χ2v) is 6.47. The van der Waals surface area contributed by atoms with Gasteiger partial charge in [-0.2, -0.15) is 0 Å². The van der Waals surface area contributed by atoms with Crippen molar-refractivity contribution >= 4 is 10.8 Å². The summed E-state index contributed by atoms with van der Waals surface area (Å²) >= 11 is 0. The predicted molar refractivity (Wildman–Crippen MR) is 86.2 cm³/mol. The van der Waals surface area contributed by atoms with Gasteiger partial charge in [0.2, 0.25) is 0 Å². The van der Waals surface area contributed by atoms with Crippen LogP contribution in [0.15, 0.2) is 30.3 Å². The Morgan fingerprint density at radius 1 is 0.579 bits per heavy atom. The van der Waals surface area contributed by atoms with Crippen molar-refractivity contribution in [2.24, 2.45) is 0 Å². The Labute approximate surface area is 117 Å². The lowest BCUT2D eigenvalue weighted by Gasteiger charge is -2.21. The predicted octanol–water partition coefficient (Wildman–Crippen LogP) is 6.21. The third-order valence-electron chi connectivity index (χ3n) is 3.99. The van der Waals surface area contributed by atoms with E-state index < -0.39 is 0 Å². The van der Waals surface area contributed by atoms with Crippen LogP contribution in [0, 0.1) is 0 Å². The molecule has 0 spiro atoms. The van der Waals surface area contributed by atoms with Crippen LogP contribution in [0.4, 0.5) is 0 Å². The van der Waals surface area contributed by atoms with Gasteiger partial charge in [0, 0.05) is 0 Å². The molecule has 0 saturated carbocycles. The fourth-order valence-corrected chi connectivity index (χ4v) is 3.07. The summed E-state index contributed by atoms with van der Waals surface area (Å²) in [5, 5.41) is 2.89. The van der Waals surface area contributed by atoms with Gasteiger partial charge < -0.3 is 0 Å². The molecule has 0 heteroatoms. The van der Waals surface area contributed by atoms with Crippen LogP contribution in [0.5, 0.6) is 0 Å². The summed E-state index contributed by atoms with van der Waals surface area (Å²) in [6, 6.07) is 11.4. The molecule has 2 rings (SSSR count). The zero-order valence-electron chi connectivity index (χ0n) is 13.1. The minimum absolute atomic E-state index is 0.573. The van der Waals surface area contributed by atoms with Crippen molar-refractivity contribution in [1.82, 2.24) is 0 Å². The van der Waals surface area contributed by atoms with Gasteiger partial charge in [-0.3, -0.25) is 0 Å². The highest BCUT2D eigenvalue weighted by atomic mass is 14.2. The maximum atomic E-state index is 2.34. The van der Waals surface area contributed by atoms with E-state index in [-0.39, 0.29) is 0 Å². The van der Waals surface area contributed by atoms with Crippen LogP contribution in [-0.4, -0.2) is 0 Å². The van der Waals surface area contributed by atoms with Crippen molar-refractivity contribution in [1.29, 1.82) is 0 Å². The smallest absolute Gasteiger partial charge is 0.0144 e. The van der Waals surface area contributed by atoms with Gasteiger partial charge >= 0.3 is 0 Å². The molecule has 19 heavy (non-hydrogen) atoms. The zero-order valence-corrected chi connectivity index (χ0v) is 13.1. The SMILES string of the molecule is CC(C)c1ccc2c(C(C)C)cccc2c1C(C)C. The molecule has 0 nitrogen and oxygen atoms in total. The van der Waals surface area contributed by atoms with Gasteiger partial charge in [0.15, 0.2) is 0 Å². The molecule has 0 aromatic heterocycles. The van der Waals surface area contributed by atoms with Crippen LogP contribution in [0.3, 0.4) is 0 Å². The van der Waals surface area contributed by atoms with Crippen LogP contribution >= 0.6 is 0 Å². The first-order valence-electron chi connectivity index (χ1n) is 7.48. The number of fused-ring (bicyclic) bond motifs is 1. The maximum absolute atomic E-state index is 2.34. The highest BCUT2D eigenvalue weighted by molar-refractivity contribution is 5.90. The number of rotatable bonds is 3. The normalized spacial score (nSPS) is 12.1. The van der Waals surface area contributed by atoms with Crippen LogP contribution in [0.2, 0.25) is 0 Å². The molecule has 0 heterocycles. The Kier molecular flexibility index (Phi) is 3.99. The van der Waals surface area contributed by atoms with Crippen LogP contribution in [0.1, 0.15) is 76.0 Å². The van der Waals surface area contributed by atoms with Crippen LogP contribution < -0.4 is 0 Å². The van der Waals surface area contributed by atoms with Crippen molar-refractivity contribution in [2.45, 2.75) is 59.3 Å². The van der Waals surface area contributed by atoms with E-state index in [4.69, 9.17) is 0 Å². The number of hydrogen-bond donors (Lipinski definition) is 0. The molecule has 2 aromatic rings. The second kappa shape index (κ2) is 5.36. The van der Waals surface area contributed by atoms with E-state index in [9.17, 15) is 0 Å².